The number of guanidine groups is 1. The average molecular weight is 494 g/mol. The number of benzene rings is 2. The van der Waals surface area contributed by atoms with Gasteiger partial charge in [0.1, 0.15) is 11.6 Å². The first-order chi connectivity index (χ1) is 16.2. The Balaban J connectivity index is 1.90. The number of alkyl halides is 3. The van der Waals surface area contributed by atoms with Gasteiger partial charge in [-0.3, -0.25) is 0 Å². The van der Waals surface area contributed by atoms with E-state index in [9.17, 15) is 13.2 Å². The Kier molecular flexibility index (Phi) is 8.13. The molecule has 0 fully saturated rings. The van der Waals surface area contributed by atoms with Crippen molar-refractivity contribution in [3.63, 3.8) is 0 Å². The van der Waals surface area contributed by atoms with E-state index in [-0.39, 0.29) is 11.8 Å². The molecule has 3 aromatic rings. The molecule has 0 atom stereocenters. The van der Waals surface area contributed by atoms with Gasteiger partial charge < -0.3 is 26.4 Å². The quantitative estimate of drug-likeness (QED) is 0.256. The van der Waals surface area contributed by atoms with Gasteiger partial charge >= 0.3 is 6.18 Å². The lowest BCUT2D eigenvalue weighted by molar-refractivity contribution is -0.141. The number of nitrogens with one attached hydrogen (secondary N) is 3. The number of methoxy groups -OCH3 is 1. The van der Waals surface area contributed by atoms with Crippen molar-refractivity contribution in [2.45, 2.75) is 19.6 Å². The molecule has 0 saturated heterocycles. The number of aromatic nitrogens is 2. The summed E-state index contributed by atoms with van der Waals surface area (Å²) in [5, 5.41) is 9.33. The van der Waals surface area contributed by atoms with Crippen LogP contribution in [0.2, 0.25) is 5.02 Å². The number of hydrogen-bond acceptors (Lipinski definition) is 6. The van der Waals surface area contributed by atoms with Crippen molar-refractivity contribution in [2.24, 2.45) is 10.7 Å². The van der Waals surface area contributed by atoms with Crippen molar-refractivity contribution in [1.29, 1.82) is 0 Å². The summed E-state index contributed by atoms with van der Waals surface area (Å²) in [4.78, 5) is 11.5. The Morgan fingerprint density at radius 3 is 2.44 bits per heavy atom. The van der Waals surface area contributed by atoms with Crippen LogP contribution in [0.15, 0.2) is 53.5 Å². The summed E-state index contributed by atoms with van der Waals surface area (Å²) < 4.78 is 45.7. The Bertz CT molecular complexity index is 1150. The van der Waals surface area contributed by atoms with E-state index in [1.165, 1.54) is 0 Å². The van der Waals surface area contributed by atoms with Crippen LogP contribution in [0.25, 0.3) is 0 Å². The summed E-state index contributed by atoms with van der Waals surface area (Å²) in [5.74, 6) is -0.0981. The van der Waals surface area contributed by atoms with Crippen LogP contribution in [0, 0.1) is 0 Å². The van der Waals surface area contributed by atoms with Gasteiger partial charge in [0.25, 0.3) is 5.95 Å². The fourth-order valence-electron chi connectivity index (χ4n) is 2.91. The molecular formula is C22H23ClF3N7O. The highest BCUT2D eigenvalue weighted by atomic mass is 35.5. The fourth-order valence-corrected chi connectivity index (χ4v) is 3.04. The second-order valence-electron chi connectivity index (χ2n) is 7.00. The number of halogens is 4. The van der Waals surface area contributed by atoms with Gasteiger partial charge in [-0.15, -0.1) is 0 Å². The molecule has 3 rings (SSSR count). The first kappa shape index (κ1) is 25.1. The lowest BCUT2D eigenvalue weighted by Crippen LogP contribution is -2.22. The SMILES string of the molecule is CCNCc1cc(Nc2cc(C(F)(F)F)nc(/N=C(\N)Nc3ccc(Cl)cc3)n2)ccc1OC. The van der Waals surface area contributed by atoms with Gasteiger partial charge in [0.05, 0.1) is 7.11 Å². The van der Waals surface area contributed by atoms with E-state index >= 15 is 0 Å². The van der Waals surface area contributed by atoms with Crippen molar-refractivity contribution in [3.8, 4) is 5.75 Å². The van der Waals surface area contributed by atoms with Gasteiger partial charge in [0.2, 0.25) is 5.96 Å². The summed E-state index contributed by atoms with van der Waals surface area (Å²) >= 11 is 5.84. The third kappa shape index (κ3) is 6.96. The summed E-state index contributed by atoms with van der Waals surface area (Å²) in [6, 6.07) is 12.5. The molecule has 0 unspecified atom stereocenters. The summed E-state index contributed by atoms with van der Waals surface area (Å²) in [7, 11) is 1.55. The normalized spacial score (nSPS) is 11.9. The smallest absolute Gasteiger partial charge is 0.433 e. The number of anilines is 3. The van der Waals surface area contributed by atoms with E-state index in [2.05, 4.69) is 30.9 Å². The highest BCUT2D eigenvalue weighted by Crippen LogP contribution is 2.31. The summed E-state index contributed by atoms with van der Waals surface area (Å²) in [5.41, 5.74) is 6.56. The highest BCUT2D eigenvalue weighted by Gasteiger charge is 2.34. The zero-order valence-corrected chi connectivity index (χ0v) is 19.1. The van der Waals surface area contributed by atoms with Crippen LogP contribution in [0.3, 0.4) is 0 Å². The van der Waals surface area contributed by atoms with Gasteiger partial charge in [-0.05, 0) is 49.0 Å². The minimum Gasteiger partial charge on any atom is -0.496 e. The maximum Gasteiger partial charge on any atom is 0.433 e. The Morgan fingerprint density at radius 2 is 1.79 bits per heavy atom. The van der Waals surface area contributed by atoms with Crippen LogP contribution in [-0.2, 0) is 12.7 Å². The first-order valence-corrected chi connectivity index (χ1v) is 10.5. The molecule has 34 heavy (non-hydrogen) atoms. The van der Waals surface area contributed by atoms with Gasteiger partial charge in [-0.2, -0.15) is 23.1 Å². The van der Waals surface area contributed by atoms with Gasteiger partial charge in [-0.25, -0.2) is 4.98 Å². The summed E-state index contributed by atoms with van der Waals surface area (Å²) in [6.45, 7) is 3.23. The van der Waals surface area contributed by atoms with Gasteiger partial charge in [0, 0.05) is 34.6 Å². The molecule has 0 spiro atoms. The van der Waals surface area contributed by atoms with Crippen LogP contribution in [0.1, 0.15) is 18.2 Å². The van der Waals surface area contributed by atoms with Crippen molar-refractivity contribution < 1.29 is 17.9 Å². The molecule has 0 radical (unpaired) electrons. The number of ether oxygens (including phenoxy) is 1. The van der Waals surface area contributed by atoms with E-state index in [4.69, 9.17) is 22.1 Å². The van der Waals surface area contributed by atoms with E-state index < -0.39 is 17.8 Å². The van der Waals surface area contributed by atoms with Crippen LogP contribution in [0.4, 0.5) is 36.3 Å². The molecular weight excluding hydrogens is 471 g/mol. The highest BCUT2D eigenvalue weighted by molar-refractivity contribution is 6.30. The molecule has 0 amide bonds. The lowest BCUT2D eigenvalue weighted by Gasteiger charge is -2.14. The third-order valence-electron chi connectivity index (χ3n) is 4.46. The molecule has 12 heteroatoms. The molecule has 0 aliphatic carbocycles. The fraction of sp³-hybridized carbons (Fsp3) is 0.227. The monoisotopic (exact) mass is 493 g/mol. The Morgan fingerprint density at radius 1 is 1.09 bits per heavy atom. The molecule has 5 N–H and O–H groups in total. The number of hydrogen-bond donors (Lipinski definition) is 4. The molecule has 0 aliphatic heterocycles. The molecule has 1 heterocycles. The topological polar surface area (TPSA) is 109 Å². The van der Waals surface area contributed by atoms with E-state index in [0.29, 0.717) is 28.7 Å². The van der Waals surface area contributed by atoms with Crippen LogP contribution in [0.5, 0.6) is 5.75 Å². The molecule has 2 aromatic carbocycles. The predicted octanol–water partition coefficient (Wildman–Crippen LogP) is 5.07. The second-order valence-corrected chi connectivity index (χ2v) is 7.43. The lowest BCUT2D eigenvalue weighted by atomic mass is 10.1. The Hall–Kier alpha value is -3.57. The third-order valence-corrected chi connectivity index (χ3v) is 4.71. The molecule has 0 bridgehead atoms. The molecule has 0 aliphatic rings. The van der Waals surface area contributed by atoms with Crippen LogP contribution >= 0.6 is 11.6 Å². The molecule has 1 aromatic heterocycles. The molecule has 0 saturated carbocycles. The van der Waals surface area contributed by atoms with Crippen molar-refractivity contribution in [2.75, 3.05) is 24.3 Å². The van der Waals surface area contributed by atoms with Crippen LogP contribution in [-0.4, -0.2) is 29.6 Å². The van der Waals surface area contributed by atoms with Crippen molar-refractivity contribution in [1.82, 2.24) is 15.3 Å². The van der Waals surface area contributed by atoms with Gasteiger partial charge in [-0.1, -0.05) is 18.5 Å². The van der Waals surface area contributed by atoms with Crippen molar-refractivity contribution in [3.05, 3.63) is 64.8 Å². The zero-order valence-electron chi connectivity index (χ0n) is 18.4. The number of aliphatic imine (C=N–C) groups is 1. The minimum absolute atomic E-state index is 0.0973. The second kappa shape index (κ2) is 11.0. The minimum atomic E-state index is -4.71. The van der Waals surface area contributed by atoms with Crippen LogP contribution < -0.4 is 26.4 Å². The maximum absolute atomic E-state index is 13.5. The van der Waals surface area contributed by atoms with Crippen molar-refractivity contribution >= 4 is 40.7 Å². The van der Waals surface area contributed by atoms with E-state index in [1.54, 1.807) is 49.6 Å². The van der Waals surface area contributed by atoms with E-state index in [0.717, 1.165) is 18.2 Å². The largest absolute Gasteiger partial charge is 0.496 e. The number of rotatable bonds is 8. The standard InChI is InChI=1S/C22H23ClF3N7O/c1-3-28-12-13-10-16(8-9-17(13)34-2)29-19-11-18(22(24,25)26)31-21(32-19)33-20(27)30-15-6-4-14(23)5-7-15/h4-11,28H,3,12H2,1-2H3,(H4,27,29,30,31,32,33). The maximum atomic E-state index is 13.5. The number of nitrogens with zero attached hydrogens (tertiary/aromatic N) is 3. The van der Waals surface area contributed by atoms with E-state index in [1.807, 2.05) is 6.92 Å². The molecule has 180 valence electrons. The average Bonchev–Trinajstić information content (AvgIpc) is 2.78. The molecule has 8 nitrogen and oxygen atoms in total. The number of nitrogens with two attached hydrogens (primary N) is 1. The predicted molar refractivity (Wildman–Crippen MR) is 127 cm³/mol. The zero-order chi connectivity index (χ0) is 24.7. The Labute approximate surface area is 199 Å². The van der Waals surface area contributed by atoms with Gasteiger partial charge in [0.15, 0.2) is 5.69 Å². The summed E-state index contributed by atoms with van der Waals surface area (Å²) in [6.07, 6.45) is -4.71. The first-order valence-electron chi connectivity index (χ1n) is 10.2.